The highest BCUT2D eigenvalue weighted by Crippen LogP contribution is 2.41. The number of anilines is 1. The van der Waals surface area contributed by atoms with Crippen LogP contribution in [0.4, 0.5) is 13.9 Å². The van der Waals surface area contributed by atoms with Crippen LogP contribution in [0.3, 0.4) is 0 Å². The first-order chi connectivity index (χ1) is 14.9. The maximum absolute atomic E-state index is 14.4. The van der Waals surface area contributed by atoms with Gasteiger partial charge in [0.05, 0.1) is 21.8 Å². The number of halogens is 2. The summed E-state index contributed by atoms with van der Waals surface area (Å²) in [5.74, 6) is -1.18. The largest absolute Gasteiger partial charge is 0.409 e. The molecule has 1 aromatic heterocycles. The van der Waals surface area contributed by atoms with Crippen molar-refractivity contribution in [2.24, 2.45) is 10.9 Å². The van der Waals surface area contributed by atoms with Crippen LogP contribution in [-0.2, 0) is 12.8 Å². The Hall–Kier alpha value is -3.26. The number of nitrogens with zero attached hydrogens (tertiary/aromatic N) is 2. The second-order valence-electron chi connectivity index (χ2n) is 7.56. The van der Waals surface area contributed by atoms with Crippen molar-refractivity contribution < 1.29 is 14.0 Å². The SMILES string of the molecule is CC(C)=C(Nc1nc2c(s1)-c1cccc(/C(N)=N/O)c1CCC2)c1c(F)cccc1F. The Morgan fingerprint density at radius 3 is 2.52 bits per heavy atom. The average molecular weight is 441 g/mol. The Bertz CT molecular complexity index is 1190. The van der Waals surface area contributed by atoms with Crippen molar-refractivity contribution in [2.45, 2.75) is 33.1 Å². The highest BCUT2D eigenvalue weighted by Gasteiger charge is 2.23. The molecular weight excluding hydrogens is 418 g/mol. The van der Waals surface area contributed by atoms with Gasteiger partial charge in [-0.15, -0.1) is 0 Å². The molecule has 0 bridgehead atoms. The fourth-order valence-corrected chi connectivity index (χ4v) is 4.93. The standard InChI is InChI=1S/C23H22F2N4OS/c1-12(2)20(19-16(24)9-5-10-17(19)25)28-23-27-18-11-4-6-13-14(21(18)31-23)7-3-8-15(13)22(26)29-30/h3,5,7-10,30H,4,6,11H2,1-2H3,(H2,26,29)(H,27,28). The lowest BCUT2D eigenvalue weighted by Crippen LogP contribution is -2.16. The summed E-state index contributed by atoms with van der Waals surface area (Å²) in [4.78, 5) is 5.71. The minimum Gasteiger partial charge on any atom is -0.409 e. The smallest absolute Gasteiger partial charge is 0.187 e. The number of amidine groups is 1. The maximum Gasteiger partial charge on any atom is 0.187 e. The van der Waals surface area contributed by atoms with Crippen LogP contribution < -0.4 is 11.1 Å². The predicted octanol–water partition coefficient (Wildman–Crippen LogP) is 5.53. The van der Waals surface area contributed by atoms with Crippen LogP contribution in [-0.4, -0.2) is 16.0 Å². The normalized spacial score (nSPS) is 13.2. The Morgan fingerprint density at radius 2 is 1.84 bits per heavy atom. The molecule has 4 rings (SSSR count). The second-order valence-corrected chi connectivity index (χ2v) is 8.56. The number of rotatable bonds is 4. The van der Waals surface area contributed by atoms with Gasteiger partial charge in [0.25, 0.3) is 0 Å². The quantitative estimate of drug-likeness (QED) is 0.215. The number of hydrogen-bond acceptors (Lipinski definition) is 5. The van der Waals surface area contributed by atoms with E-state index < -0.39 is 11.6 Å². The zero-order valence-electron chi connectivity index (χ0n) is 17.2. The molecule has 8 heteroatoms. The van der Waals surface area contributed by atoms with Crippen molar-refractivity contribution in [2.75, 3.05) is 5.32 Å². The van der Waals surface area contributed by atoms with Crippen LogP contribution in [0.15, 0.2) is 47.1 Å². The topological polar surface area (TPSA) is 83.5 Å². The lowest BCUT2D eigenvalue weighted by molar-refractivity contribution is 0.318. The van der Waals surface area contributed by atoms with Gasteiger partial charge in [-0.2, -0.15) is 0 Å². The van der Waals surface area contributed by atoms with Crippen molar-refractivity contribution in [3.8, 4) is 10.4 Å². The molecule has 1 heterocycles. The summed E-state index contributed by atoms with van der Waals surface area (Å²) in [6.07, 6.45) is 2.40. The van der Waals surface area contributed by atoms with E-state index in [-0.39, 0.29) is 11.4 Å². The summed E-state index contributed by atoms with van der Waals surface area (Å²) in [6, 6.07) is 9.52. The third-order valence-electron chi connectivity index (χ3n) is 5.29. The first-order valence-electron chi connectivity index (χ1n) is 9.89. The third kappa shape index (κ3) is 3.90. The molecule has 2 aromatic carbocycles. The molecule has 4 N–H and O–H groups in total. The van der Waals surface area contributed by atoms with Crippen LogP contribution >= 0.6 is 11.3 Å². The van der Waals surface area contributed by atoms with Crippen molar-refractivity contribution in [1.29, 1.82) is 0 Å². The molecule has 0 radical (unpaired) electrons. The zero-order valence-corrected chi connectivity index (χ0v) is 18.0. The second kappa shape index (κ2) is 8.47. The number of thiazole rings is 1. The summed E-state index contributed by atoms with van der Waals surface area (Å²) in [5.41, 5.74) is 10.5. The van der Waals surface area contributed by atoms with Gasteiger partial charge in [0, 0.05) is 5.56 Å². The van der Waals surface area contributed by atoms with Crippen LogP contribution in [0, 0.1) is 11.6 Å². The zero-order chi connectivity index (χ0) is 22.1. The van der Waals surface area contributed by atoms with Gasteiger partial charge in [0.1, 0.15) is 11.6 Å². The molecule has 0 unspecified atom stereocenters. The molecule has 1 aliphatic carbocycles. The molecule has 0 spiro atoms. The minimum atomic E-state index is -0.629. The van der Waals surface area contributed by atoms with Gasteiger partial charge < -0.3 is 16.3 Å². The number of benzene rings is 2. The van der Waals surface area contributed by atoms with Gasteiger partial charge in [-0.05, 0) is 56.4 Å². The fourth-order valence-electron chi connectivity index (χ4n) is 3.86. The first-order valence-corrected chi connectivity index (χ1v) is 10.7. The Labute approximate surface area is 182 Å². The van der Waals surface area contributed by atoms with E-state index in [1.54, 1.807) is 13.8 Å². The van der Waals surface area contributed by atoms with Crippen molar-refractivity contribution in [3.63, 3.8) is 0 Å². The van der Waals surface area contributed by atoms with Gasteiger partial charge in [0.2, 0.25) is 0 Å². The summed E-state index contributed by atoms with van der Waals surface area (Å²) >= 11 is 1.43. The van der Waals surface area contributed by atoms with Gasteiger partial charge in [-0.1, -0.05) is 46.3 Å². The predicted molar refractivity (Wildman–Crippen MR) is 120 cm³/mol. The van der Waals surface area contributed by atoms with Crippen molar-refractivity contribution in [3.05, 3.63) is 76.0 Å². The number of aromatic nitrogens is 1. The summed E-state index contributed by atoms with van der Waals surface area (Å²) in [5, 5.41) is 16.0. The molecule has 0 amide bonds. The Kier molecular flexibility index (Phi) is 5.73. The third-order valence-corrected chi connectivity index (χ3v) is 6.33. The molecule has 5 nitrogen and oxygen atoms in total. The highest BCUT2D eigenvalue weighted by molar-refractivity contribution is 7.19. The first kappa shape index (κ1) is 21.0. The van der Waals surface area contributed by atoms with Gasteiger partial charge >= 0.3 is 0 Å². The molecule has 0 fully saturated rings. The van der Waals surface area contributed by atoms with E-state index >= 15 is 0 Å². The minimum absolute atomic E-state index is 0.0741. The molecule has 0 saturated carbocycles. The number of allylic oxidation sites excluding steroid dienone is 1. The van der Waals surface area contributed by atoms with Crippen LogP contribution in [0.1, 0.15) is 42.7 Å². The molecule has 0 saturated heterocycles. The summed E-state index contributed by atoms with van der Waals surface area (Å²) in [6.45, 7) is 3.59. The van der Waals surface area contributed by atoms with Crippen molar-refractivity contribution in [1.82, 2.24) is 4.98 Å². The van der Waals surface area contributed by atoms with E-state index in [2.05, 4.69) is 10.5 Å². The average Bonchev–Trinajstić information content (AvgIpc) is 3.06. The maximum atomic E-state index is 14.4. The van der Waals surface area contributed by atoms with Gasteiger partial charge in [-0.3, -0.25) is 0 Å². The van der Waals surface area contributed by atoms with E-state index in [4.69, 9.17) is 15.9 Å². The van der Waals surface area contributed by atoms with Crippen molar-refractivity contribution >= 4 is 28.0 Å². The van der Waals surface area contributed by atoms with E-state index in [9.17, 15) is 8.78 Å². The molecule has 0 atom stereocenters. The molecule has 1 aliphatic rings. The van der Waals surface area contributed by atoms with E-state index in [0.717, 1.165) is 46.5 Å². The van der Waals surface area contributed by atoms with E-state index in [1.165, 1.54) is 29.5 Å². The van der Waals surface area contributed by atoms with Crippen LogP contribution in [0.25, 0.3) is 16.1 Å². The van der Waals surface area contributed by atoms with Gasteiger partial charge in [0.15, 0.2) is 11.0 Å². The summed E-state index contributed by atoms with van der Waals surface area (Å²) < 4.78 is 28.8. The number of nitrogens with one attached hydrogen (secondary N) is 1. The molecule has 3 aromatic rings. The fraction of sp³-hybridized carbons (Fsp3) is 0.217. The Morgan fingerprint density at radius 1 is 1.13 bits per heavy atom. The van der Waals surface area contributed by atoms with E-state index in [1.807, 2.05) is 18.2 Å². The summed E-state index contributed by atoms with van der Waals surface area (Å²) in [7, 11) is 0. The van der Waals surface area contributed by atoms with Crippen LogP contribution in [0.5, 0.6) is 0 Å². The highest BCUT2D eigenvalue weighted by atomic mass is 32.1. The van der Waals surface area contributed by atoms with Crippen LogP contribution in [0.2, 0.25) is 0 Å². The number of fused-ring (bicyclic) bond motifs is 3. The molecule has 0 aliphatic heterocycles. The van der Waals surface area contributed by atoms with Gasteiger partial charge in [-0.25, -0.2) is 13.8 Å². The number of nitrogens with two attached hydrogens (primary N) is 1. The number of hydrogen-bond donors (Lipinski definition) is 3. The lowest BCUT2D eigenvalue weighted by Gasteiger charge is -2.13. The molecular formula is C23H22F2N4OS. The Balaban J connectivity index is 1.78. The lowest BCUT2D eigenvalue weighted by atomic mass is 9.97. The molecule has 31 heavy (non-hydrogen) atoms. The molecule has 160 valence electrons. The number of oxime groups is 1. The number of aryl methyl sites for hydroxylation is 1. The van der Waals surface area contributed by atoms with E-state index in [0.29, 0.717) is 16.4 Å². The monoisotopic (exact) mass is 440 g/mol.